The first-order chi connectivity index (χ1) is 12.1. The predicted octanol–water partition coefficient (Wildman–Crippen LogP) is 3.26. The lowest BCUT2D eigenvalue weighted by molar-refractivity contribution is -0.148. The van der Waals surface area contributed by atoms with Crippen molar-refractivity contribution in [3.05, 3.63) is 54.4 Å². The Morgan fingerprint density at radius 3 is 2.40 bits per heavy atom. The molecule has 1 amide bonds. The maximum atomic E-state index is 12.4. The van der Waals surface area contributed by atoms with E-state index in [0.29, 0.717) is 19.4 Å². The fourth-order valence-electron chi connectivity index (χ4n) is 3.41. The van der Waals surface area contributed by atoms with Crippen LogP contribution in [0.5, 0.6) is 0 Å². The van der Waals surface area contributed by atoms with Crippen LogP contribution in [0.2, 0.25) is 0 Å². The number of nitrogens with one attached hydrogen (secondary N) is 1. The molecule has 130 valence electrons. The van der Waals surface area contributed by atoms with Crippen LogP contribution in [0.25, 0.3) is 11.1 Å². The number of carboxylic acids is 1. The number of amides is 1. The number of hydrogen-bond donors (Lipinski definition) is 2. The Morgan fingerprint density at radius 2 is 1.76 bits per heavy atom. The van der Waals surface area contributed by atoms with Crippen molar-refractivity contribution in [3.63, 3.8) is 0 Å². The molecule has 0 radical (unpaired) electrons. The van der Waals surface area contributed by atoms with Crippen LogP contribution in [-0.4, -0.2) is 22.0 Å². The van der Waals surface area contributed by atoms with E-state index < -0.39 is 17.8 Å². The van der Waals surface area contributed by atoms with Gasteiger partial charge in [-0.2, -0.15) is 0 Å². The summed E-state index contributed by atoms with van der Waals surface area (Å²) in [7, 11) is 0. The second-order valence-corrected chi connectivity index (χ2v) is 6.49. The molecule has 1 aliphatic rings. The molecule has 0 unspecified atom stereocenters. The van der Waals surface area contributed by atoms with Gasteiger partial charge in [-0.25, -0.2) is 0 Å². The summed E-state index contributed by atoms with van der Waals surface area (Å²) in [5, 5.41) is 12.2. The summed E-state index contributed by atoms with van der Waals surface area (Å²) < 4.78 is 0. The molecule has 1 aliphatic carbocycles. The third-order valence-corrected chi connectivity index (χ3v) is 4.84. The van der Waals surface area contributed by atoms with Gasteiger partial charge in [-0.3, -0.25) is 14.6 Å². The molecule has 2 atom stereocenters. The Morgan fingerprint density at radius 1 is 1.04 bits per heavy atom. The molecule has 1 aromatic heterocycles. The number of benzene rings is 1. The topological polar surface area (TPSA) is 79.3 Å². The summed E-state index contributed by atoms with van der Waals surface area (Å²) in [6.07, 6.45) is 6.60. The molecule has 1 aromatic carbocycles. The average molecular weight is 338 g/mol. The smallest absolute Gasteiger partial charge is 0.307 e. The van der Waals surface area contributed by atoms with E-state index in [4.69, 9.17) is 0 Å². The molecule has 2 N–H and O–H groups in total. The number of hydrogen-bond acceptors (Lipinski definition) is 3. The molecule has 5 heteroatoms. The molecule has 0 saturated heterocycles. The van der Waals surface area contributed by atoms with Crippen LogP contribution in [0, 0.1) is 11.8 Å². The zero-order chi connectivity index (χ0) is 17.6. The second kappa shape index (κ2) is 7.92. The van der Waals surface area contributed by atoms with Crippen molar-refractivity contribution >= 4 is 11.9 Å². The number of aromatic nitrogens is 1. The summed E-state index contributed by atoms with van der Waals surface area (Å²) in [6.45, 7) is 0.412. The van der Waals surface area contributed by atoms with Crippen molar-refractivity contribution in [2.45, 2.75) is 32.2 Å². The van der Waals surface area contributed by atoms with E-state index in [1.165, 1.54) is 0 Å². The summed E-state index contributed by atoms with van der Waals surface area (Å²) in [6, 6.07) is 11.8. The summed E-state index contributed by atoms with van der Waals surface area (Å²) in [5.41, 5.74) is 3.11. The molecule has 1 fully saturated rings. The highest BCUT2D eigenvalue weighted by Crippen LogP contribution is 2.30. The molecule has 0 spiro atoms. The minimum absolute atomic E-state index is 0.150. The Bertz CT molecular complexity index is 728. The quantitative estimate of drug-likeness (QED) is 0.877. The number of aliphatic carboxylic acids is 1. The van der Waals surface area contributed by atoms with Gasteiger partial charge in [0, 0.05) is 18.9 Å². The van der Waals surface area contributed by atoms with Crippen LogP contribution < -0.4 is 5.32 Å². The number of carbonyl (C=O) groups is 2. The highest BCUT2D eigenvalue weighted by atomic mass is 16.4. The number of carbonyl (C=O) groups excluding carboxylic acids is 1. The van der Waals surface area contributed by atoms with E-state index in [9.17, 15) is 14.7 Å². The van der Waals surface area contributed by atoms with Crippen molar-refractivity contribution in [1.29, 1.82) is 0 Å². The number of pyridine rings is 1. The van der Waals surface area contributed by atoms with Gasteiger partial charge in [0.25, 0.3) is 0 Å². The Labute approximate surface area is 147 Å². The van der Waals surface area contributed by atoms with Gasteiger partial charge in [0.2, 0.25) is 5.91 Å². The summed E-state index contributed by atoms with van der Waals surface area (Å²) >= 11 is 0. The molecule has 1 saturated carbocycles. The van der Waals surface area contributed by atoms with Crippen LogP contribution in [0.1, 0.15) is 31.2 Å². The first-order valence-corrected chi connectivity index (χ1v) is 8.65. The maximum Gasteiger partial charge on any atom is 0.307 e. The van der Waals surface area contributed by atoms with E-state index >= 15 is 0 Å². The fraction of sp³-hybridized carbons (Fsp3) is 0.350. The van der Waals surface area contributed by atoms with Crippen molar-refractivity contribution in [2.24, 2.45) is 11.8 Å². The van der Waals surface area contributed by atoms with Crippen molar-refractivity contribution < 1.29 is 14.7 Å². The number of nitrogens with zero attached hydrogens (tertiary/aromatic N) is 1. The van der Waals surface area contributed by atoms with Gasteiger partial charge in [-0.15, -0.1) is 0 Å². The molecule has 3 rings (SSSR count). The molecule has 0 aliphatic heterocycles. The van der Waals surface area contributed by atoms with Gasteiger partial charge in [-0.1, -0.05) is 43.2 Å². The first-order valence-electron chi connectivity index (χ1n) is 8.65. The fourth-order valence-corrected chi connectivity index (χ4v) is 3.41. The third kappa shape index (κ3) is 4.24. The molecule has 0 bridgehead atoms. The van der Waals surface area contributed by atoms with Gasteiger partial charge in [0.1, 0.15) is 0 Å². The third-order valence-electron chi connectivity index (χ3n) is 4.84. The standard InChI is InChI=1S/C20H22N2O3/c23-19(17-5-1-2-6-18(17)20(24)25)22-12-14-7-9-15(10-8-14)16-4-3-11-21-13-16/h3-4,7-11,13,17-18H,1-2,5-6,12H2,(H,22,23)(H,24,25)/t17-,18+/m1/s1. The Kier molecular flexibility index (Phi) is 5.43. The number of carboxylic acid groups (broad SMARTS) is 1. The highest BCUT2D eigenvalue weighted by Gasteiger charge is 2.35. The van der Waals surface area contributed by atoms with Crippen molar-refractivity contribution in [1.82, 2.24) is 10.3 Å². The van der Waals surface area contributed by atoms with Gasteiger partial charge in [0.15, 0.2) is 0 Å². The SMILES string of the molecule is O=C(O)[C@H]1CCCC[C@H]1C(=O)NCc1ccc(-c2cccnc2)cc1. The van der Waals surface area contributed by atoms with E-state index in [1.54, 1.807) is 6.20 Å². The van der Waals surface area contributed by atoms with Crippen molar-refractivity contribution in [3.8, 4) is 11.1 Å². The first kappa shape index (κ1) is 17.1. The maximum absolute atomic E-state index is 12.4. The van der Waals surface area contributed by atoms with Crippen LogP contribution in [-0.2, 0) is 16.1 Å². The lowest BCUT2D eigenvalue weighted by Crippen LogP contribution is -2.39. The second-order valence-electron chi connectivity index (χ2n) is 6.49. The molecular formula is C20H22N2O3. The van der Waals surface area contributed by atoms with Crippen LogP contribution >= 0.6 is 0 Å². The molecule has 2 aromatic rings. The zero-order valence-corrected chi connectivity index (χ0v) is 14.0. The van der Waals surface area contributed by atoms with E-state index in [0.717, 1.165) is 29.5 Å². The minimum Gasteiger partial charge on any atom is -0.481 e. The van der Waals surface area contributed by atoms with Crippen LogP contribution in [0.4, 0.5) is 0 Å². The van der Waals surface area contributed by atoms with E-state index in [-0.39, 0.29) is 5.91 Å². The van der Waals surface area contributed by atoms with Gasteiger partial charge in [-0.05, 0) is 35.6 Å². The van der Waals surface area contributed by atoms with E-state index in [2.05, 4.69) is 10.3 Å². The molecule has 5 nitrogen and oxygen atoms in total. The molecular weight excluding hydrogens is 316 g/mol. The monoisotopic (exact) mass is 338 g/mol. The lowest BCUT2D eigenvalue weighted by atomic mass is 9.78. The Balaban J connectivity index is 1.59. The average Bonchev–Trinajstić information content (AvgIpc) is 2.67. The van der Waals surface area contributed by atoms with Gasteiger partial charge < -0.3 is 10.4 Å². The van der Waals surface area contributed by atoms with Crippen molar-refractivity contribution in [2.75, 3.05) is 0 Å². The molecule has 25 heavy (non-hydrogen) atoms. The largest absolute Gasteiger partial charge is 0.481 e. The van der Waals surface area contributed by atoms with Crippen LogP contribution in [0.15, 0.2) is 48.8 Å². The minimum atomic E-state index is -0.860. The normalized spacial score (nSPS) is 20.0. The zero-order valence-electron chi connectivity index (χ0n) is 14.0. The van der Waals surface area contributed by atoms with Crippen LogP contribution in [0.3, 0.4) is 0 Å². The number of rotatable bonds is 5. The molecule has 1 heterocycles. The predicted molar refractivity (Wildman–Crippen MR) is 94.6 cm³/mol. The van der Waals surface area contributed by atoms with E-state index in [1.807, 2.05) is 42.6 Å². The Hall–Kier alpha value is -2.69. The summed E-state index contributed by atoms with van der Waals surface area (Å²) in [4.78, 5) is 27.8. The van der Waals surface area contributed by atoms with Gasteiger partial charge in [0.05, 0.1) is 11.8 Å². The van der Waals surface area contributed by atoms with Gasteiger partial charge >= 0.3 is 5.97 Å². The lowest BCUT2D eigenvalue weighted by Gasteiger charge is -2.27. The highest BCUT2D eigenvalue weighted by molar-refractivity contribution is 5.84. The summed E-state index contributed by atoms with van der Waals surface area (Å²) in [5.74, 6) is -1.98.